The van der Waals surface area contributed by atoms with E-state index >= 15 is 0 Å². The molecule has 9 nitrogen and oxygen atoms in total. The topological polar surface area (TPSA) is 121 Å². The Hall–Kier alpha value is -3.06. The fourth-order valence-electron chi connectivity index (χ4n) is 5.41. The Morgan fingerprint density at radius 3 is 2.14 bits per heavy atom. The molecular formula is C31H39N3O6S3. The van der Waals surface area contributed by atoms with Crippen molar-refractivity contribution in [3.63, 3.8) is 0 Å². The highest BCUT2D eigenvalue weighted by molar-refractivity contribution is 7.92. The van der Waals surface area contributed by atoms with Crippen molar-refractivity contribution in [1.29, 1.82) is 0 Å². The minimum atomic E-state index is -3.37. The summed E-state index contributed by atoms with van der Waals surface area (Å²) < 4.78 is 47.4. The molecule has 43 heavy (non-hydrogen) atoms. The number of carbonyl (C=O) groups is 2. The second-order valence-corrected chi connectivity index (χ2v) is 16.3. The summed E-state index contributed by atoms with van der Waals surface area (Å²) in [4.78, 5) is 31.1. The number of likely N-dealkylation sites (N-methyl/N-ethyl adjacent to an activating group) is 1. The number of likely N-dealkylation sites (tertiary alicyclic amines) is 1. The summed E-state index contributed by atoms with van der Waals surface area (Å²) in [6, 6.07) is 19.2. The summed E-state index contributed by atoms with van der Waals surface area (Å²) in [6.07, 6.45) is 4.90. The standard InChI is InChI=1S/C31H39N3O6S3/c1-4-34(29(35)22-23-10-12-26(13-11-23)42(2,37)38)25-16-19-33(20-17-25)21-18-27(24-8-6-5-7-9-24)32-31(36)28-14-15-30(41-28)43(3,39)40/h5-15,25,27H,4,16-22H2,1-3H3,(H,32,36)/t27-/m0/s1. The van der Waals surface area contributed by atoms with Crippen molar-refractivity contribution < 1.29 is 26.4 Å². The van der Waals surface area contributed by atoms with Crippen molar-refractivity contribution in [2.75, 3.05) is 38.7 Å². The summed E-state index contributed by atoms with van der Waals surface area (Å²) in [7, 11) is -6.66. The van der Waals surface area contributed by atoms with Crippen LogP contribution in [0.15, 0.2) is 75.8 Å². The molecule has 1 aliphatic heterocycles. The van der Waals surface area contributed by atoms with Crippen LogP contribution in [0.5, 0.6) is 0 Å². The normalized spacial score (nSPS) is 15.6. The molecule has 3 aromatic rings. The van der Waals surface area contributed by atoms with Gasteiger partial charge in [-0.2, -0.15) is 0 Å². The minimum absolute atomic E-state index is 0.0347. The zero-order valence-electron chi connectivity index (χ0n) is 24.7. The van der Waals surface area contributed by atoms with Gasteiger partial charge in [0.2, 0.25) is 5.91 Å². The van der Waals surface area contributed by atoms with Crippen LogP contribution < -0.4 is 5.32 Å². The number of piperidine rings is 1. The molecular weight excluding hydrogens is 607 g/mol. The first-order valence-electron chi connectivity index (χ1n) is 14.3. The van der Waals surface area contributed by atoms with E-state index in [0.717, 1.165) is 61.2 Å². The van der Waals surface area contributed by atoms with Crippen molar-refractivity contribution in [2.24, 2.45) is 0 Å². The lowest BCUT2D eigenvalue weighted by Gasteiger charge is -2.38. The molecule has 232 valence electrons. The van der Waals surface area contributed by atoms with Crippen LogP contribution >= 0.6 is 11.3 Å². The highest BCUT2D eigenvalue weighted by Crippen LogP contribution is 2.25. The van der Waals surface area contributed by atoms with Gasteiger partial charge in [-0.25, -0.2) is 16.8 Å². The first kappa shape index (κ1) is 32.8. The van der Waals surface area contributed by atoms with Gasteiger partial charge in [-0.1, -0.05) is 42.5 Å². The SMILES string of the molecule is CCN(C(=O)Cc1ccc(S(C)(=O)=O)cc1)C1CCN(CC[C@H](NC(=O)c2ccc(S(C)(=O)=O)s2)c2ccccc2)CC1. The van der Waals surface area contributed by atoms with Crippen molar-refractivity contribution >= 4 is 42.8 Å². The van der Waals surface area contributed by atoms with Gasteiger partial charge >= 0.3 is 0 Å². The maximum Gasteiger partial charge on any atom is 0.261 e. The van der Waals surface area contributed by atoms with Gasteiger partial charge < -0.3 is 15.1 Å². The zero-order chi connectivity index (χ0) is 31.2. The van der Waals surface area contributed by atoms with Crippen molar-refractivity contribution in [3.05, 3.63) is 82.7 Å². The lowest BCUT2D eigenvalue weighted by atomic mass is 9.99. The Morgan fingerprint density at radius 1 is 0.930 bits per heavy atom. The molecule has 1 aliphatic rings. The number of rotatable bonds is 12. The second-order valence-electron chi connectivity index (χ2n) is 11.0. The van der Waals surface area contributed by atoms with Gasteiger partial charge in [0.15, 0.2) is 19.7 Å². The molecule has 0 radical (unpaired) electrons. The number of hydrogen-bond acceptors (Lipinski definition) is 8. The smallest absolute Gasteiger partial charge is 0.261 e. The predicted octanol–water partition coefficient (Wildman–Crippen LogP) is 3.97. The quantitative estimate of drug-likeness (QED) is 0.317. The maximum absolute atomic E-state index is 13.2. The van der Waals surface area contributed by atoms with Crippen LogP contribution in [0.1, 0.15) is 53.0 Å². The van der Waals surface area contributed by atoms with E-state index in [1.807, 2.05) is 42.2 Å². The van der Waals surface area contributed by atoms with Crippen LogP contribution in [-0.4, -0.2) is 83.2 Å². The monoisotopic (exact) mass is 645 g/mol. The average molecular weight is 646 g/mol. The number of carbonyl (C=O) groups excluding carboxylic acids is 2. The lowest BCUT2D eigenvalue weighted by molar-refractivity contribution is -0.133. The Labute approximate surface area is 258 Å². The van der Waals surface area contributed by atoms with Gasteiger partial charge in [-0.15, -0.1) is 11.3 Å². The van der Waals surface area contributed by atoms with Crippen LogP contribution in [0.3, 0.4) is 0 Å². The van der Waals surface area contributed by atoms with Crippen molar-refractivity contribution in [1.82, 2.24) is 15.1 Å². The van der Waals surface area contributed by atoms with E-state index in [4.69, 9.17) is 0 Å². The van der Waals surface area contributed by atoms with E-state index in [1.165, 1.54) is 12.3 Å². The Kier molecular flexibility index (Phi) is 10.8. The molecule has 0 aliphatic carbocycles. The molecule has 1 N–H and O–H groups in total. The highest BCUT2D eigenvalue weighted by atomic mass is 32.2. The minimum Gasteiger partial charge on any atom is -0.344 e. The van der Waals surface area contributed by atoms with Crippen LogP contribution in [0.2, 0.25) is 0 Å². The Morgan fingerprint density at radius 2 is 1.58 bits per heavy atom. The van der Waals surface area contributed by atoms with E-state index in [1.54, 1.807) is 30.3 Å². The molecule has 0 bridgehead atoms. The molecule has 2 aromatic carbocycles. The molecule has 4 rings (SSSR count). The van der Waals surface area contributed by atoms with Crippen molar-refractivity contribution in [3.8, 4) is 0 Å². The van der Waals surface area contributed by atoms with Crippen LogP contribution in [0.4, 0.5) is 0 Å². The van der Waals surface area contributed by atoms with Gasteiger partial charge in [0.05, 0.1) is 22.2 Å². The molecule has 1 saturated heterocycles. The maximum atomic E-state index is 13.2. The molecule has 0 spiro atoms. The summed E-state index contributed by atoms with van der Waals surface area (Å²) in [6.45, 7) is 5.01. The fraction of sp³-hybridized carbons (Fsp3) is 0.419. The third-order valence-corrected chi connectivity index (χ3v) is 11.8. The molecule has 0 saturated carbocycles. The number of benzene rings is 2. The number of hydrogen-bond donors (Lipinski definition) is 1. The molecule has 1 fully saturated rings. The molecule has 12 heteroatoms. The number of thiophene rings is 1. The summed E-state index contributed by atoms with van der Waals surface area (Å²) >= 11 is 0.974. The molecule has 1 aromatic heterocycles. The Bertz CT molecular complexity index is 1610. The van der Waals surface area contributed by atoms with Gasteiger partial charge in [0.1, 0.15) is 4.21 Å². The first-order valence-corrected chi connectivity index (χ1v) is 18.9. The van der Waals surface area contributed by atoms with Gasteiger partial charge in [-0.05, 0) is 61.6 Å². The first-order chi connectivity index (χ1) is 20.3. The van der Waals surface area contributed by atoms with E-state index in [2.05, 4.69) is 10.2 Å². The number of nitrogens with one attached hydrogen (secondary N) is 1. The van der Waals surface area contributed by atoms with Crippen LogP contribution in [0.25, 0.3) is 0 Å². The summed E-state index contributed by atoms with van der Waals surface area (Å²) in [5.41, 5.74) is 1.77. The van der Waals surface area contributed by atoms with E-state index in [0.29, 0.717) is 17.8 Å². The van der Waals surface area contributed by atoms with E-state index in [-0.39, 0.29) is 39.4 Å². The summed E-state index contributed by atoms with van der Waals surface area (Å²) in [5.74, 6) is -0.261. The number of nitrogens with zero attached hydrogens (tertiary/aromatic N) is 2. The van der Waals surface area contributed by atoms with Crippen LogP contribution in [0, 0.1) is 0 Å². The van der Waals surface area contributed by atoms with E-state index < -0.39 is 19.7 Å². The van der Waals surface area contributed by atoms with Crippen molar-refractivity contribution in [2.45, 2.75) is 53.8 Å². The lowest BCUT2D eigenvalue weighted by Crippen LogP contribution is -2.48. The molecule has 2 heterocycles. The molecule has 0 unspecified atom stereocenters. The highest BCUT2D eigenvalue weighted by Gasteiger charge is 2.28. The van der Waals surface area contributed by atoms with Gasteiger partial charge in [-0.3, -0.25) is 9.59 Å². The second kappa shape index (κ2) is 14.1. The van der Waals surface area contributed by atoms with Gasteiger partial charge in [0.25, 0.3) is 5.91 Å². The average Bonchev–Trinajstić information content (AvgIpc) is 3.48. The largest absolute Gasteiger partial charge is 0.344 e. The van der Waals surface area contributed by atoms with Crippen LogP contribution in [-0.2, 0) is 30.9 Å². The number of sulfone groups is 2. The number of amides is 2. The Balaban J connectivity index is 1.32. The van der Waals surface area contributed by atoms with Gasteiger partial charge in [0, 0.05) is 44.7 Å². The fourth-order valence-corrected chi connectivity index (χ4v) is 7.87. The summed E-state index contributed by atoms with van der Waals surface area (Å²) in [5, 5.41) is 3.10. The molecule has 1 atom stereocenters. The third kappa shape index (κ3) is 8.98. The van der Waals surface area contributed by atoms with E-state index in [9.17, 15) is 26.4 Å². The molecule has 2 amide bonds. The zero-order valence-corrected chi connectivity index (χ0v) is 27.2. The predicted molar refractivity (Wildman–Crippen MR) is 169 cm³/mol. The third-order valence-electron chi connectivity index (χ3n) is 7.78.